The number of halogens is 2. The molecule has 4 aromatic carbocycles. The van der Waals surface area contributed by atoms with Gasteiger partial charge in [0.1, 0.15) is 36.7 Å². The van der Waals surface area contributed by atoms with Crippen molar-refractivity contribution in [3.8, 4) is 17.4 Å². The van der Waals surface area contributed by atoms with Gasteiger partial charge in [0.25, 0.3) is 0 Å². The summed E-state index contributed by atoms with van der Waals surface area (Å²) in [4.78, 5) is 33.5. The van der Waals surface area contributed by atoms with Crippen molar-refractivity contribution in [2.24, 2.45) is 5.73 Å². The Labute approximate surface area is 245 Å². The molecule has 0 unspecified atom stereocenters. The molecule has 0 aliphatic rings. The van der Waals surface area contributed by atoms with Gasteiger partial charge in [-0.3, -0.25) is 14.5 Å². The van der Waals surface area contributed by atoms with Crippen molar-refractivity contribution in [2.75, 3.05) is 10.2 Å². The summed E-state index contributed by atoms with van der Waals surface area (Å²) in [7, 11) is 0. The molecule has 0 spiro atoms. The number of primary amides is 1. The summed E-state index contributed by atoms with van der Waals surface area (Å²) < 4.78 is 40.1. The summed E-state index contributed by atoms with van der Waals surface area (Å²) >= 11 is 0. The van der Waals surface area contributed by atoms with E-state index >= 15 is 4.39 Å². The maximum atomic E-state index is 15.2. The molecule has 0 atom stereocenters. The first-order valence-electron chi connectivity index (χ1n) is 13.0. The molecule has 2 amide bonds. The van der Waals surface area contributed by atoms with Gasteiger partial charge in [0.05, 0.1) is 5.69 Å². The summed E-state index contributed by atoms with van der Waals surface area (Å²) in [6.45, 7) is 0.450. The predicted molar refractivity (Wildman–Crippen MR) is 156 cm³/mol. The minimum atomic E-state index is -0.863. The number of hydrogen-bond acceptors (Lipinski definition) is 7. The number of carbonyl (C=O) groups excluding carboxylic acids is 2. The van der Waals surface area contributed by atoms with Crippen LogP contribution in [0.25, 0.3) is 0 Å². The monoisotopic (exact) mass is 581 g/mol. The number of anilines is 4. The molecule has 5 rings (SSSR count). The largest absolute Gasteiger partial charge is 0.489 e. The number of carbonyl (C=O) groups is 2. The number of benzene rings is 4. The lowest BCUT2D eigenvalue weighted by molar-refractivity contribution is -0.125. The normalized spacial score (nSPS) is 10.6. The quantitative estimate of drug-likeness (QED) is 0.173. The number of rotatable bonds is 11. The van der Waals surface area contributed by atoms with Crippen LogP contribution < -0.4 is 25.4 Å². The van der Waals surface area contributed by atoms with E-state index in [9.17, 15) is 14.0 Å². The molecule has 0 saturated heterocycles. The van der Waals surface area contributed by atoms with E-state index in [4.69, 9.17) is 15.2 Å². The zero-order valence-electron chi connectivity index (χ0n) is 22.6. The van der Waals surface area contributed by atoms with Gasteiger partial charge in [0.2, 0.25) is 17.7 Å². The zero-order chi connectivity index (χ0) is 30.2. The fourth-order valence-corrected chi connectivity index (χ4v) is 4.07. The average molecular weight is 582 g/mol. The molecule has 216 valence electrons. The van der Waals surface area contributed by atoms with Crippen molar-refractivity contribution in [3.63, 3.8) is 0 Å². The molecular weight excluding hydrogens is 556 g/mol. The van der Waals surface area contributed by atoms with Gasteiger partial charge < -0.3 is 20.5 Å². The summed E-state index contributed by atoms with van der Waals surface area (Å²) in [5, 5.41) is 3.13. The second-order valence-electron chi connectivity index (χ2n) is 9.23. The highest BCUT2D eigenvalue weighted by atomic mass is 19.1. The van der Waals surface area contributed by atoms with Crippen LogP contribution in [0.3, 0.4) is 0 Å². The Morgan fingerprint density at radius 3 is 2.26 bits per heavy atom. The number of nitrogens with two attached hydrogens (primary N) is 1. The van der Waals surface area contributed by atoms with E-state index in [1.165, 1.54) is 36.7 Å². The van der Waals surface area contributed by atoms with Crippen molar-refractivity contribution in [1.29, 1.82) is 0 Å². The molecule has 0 aliphatic carbocycles. The Morgan fingerprint density at radius 2 is 1.56 bits per heavy atom. The second kappa shape index (κ2) is 13.2. The fourth-order valence-electron chi connectivity index (χ4n) is 4.07. The van der Waals surface area contributed by atoms with E-state index in [1.54, 1.807) is 0 Å². The minimum absolute atomic E-state index is 0.0622. The molecule has 3 N–H and O–H groups in total. The van der Waals surface area contributed by atoms with Gasteiger partial charge in [0, 0.05) is 23.5 Å². The van der Waals surface area contributed by atoms with Crippen LogP contribution in [-0.2, 0) is 16.2 Å². The van der Waals surface area contributed by atoms with E-state index in [0.717, 1.165) is 34.3 Å². The number of nitrogens with one attached hydrogen (secondary N) is 1. The zero-order valence-corrected chi connectivity index (χ0v) is 22.6. The molecule has 9 nitrogen and oxygen atoms in total. The molecule has 0 fully saturated rings. The van der Waals surface area contributed by atoms with Crippen molar-refractivity contribution in [3.05, 3.63) is 127 Å². The van der Waals surface area contributed by atoms with Gasteiger partial charge in [-0.2, -0.15) is 0 Å². The Hall–Kier alpha value is -5.84. The van der Waals surface area contributed by atoms with Crippen LogP contribution in [-0.4, -0.2) is 21.8 Å². The highest BCUT2D eigenvalue weighted by Gasteiger charge is 2.22. The fraction of sp³-hybridized carbons (Fsp3) is 0.0625. The van der Waals surface area contributed by atoms with Crippen LogP contribution >= 0.6 is 0 Å². The molecule has 0 bridgehead atoms. The molecule has 1 heterocycles. The first kappa shape index (κ1) is 28.7. The van der Waals surface area contributed by atoms with Crippen molar-refractivity contribution in [1.82, 2.24) is 9.97 Å². The Bertz CT molecular complexity index is 1720. The van der Waals surface area contributed by atoms with Gasteiger partial charge in [-0.05, 0) is 66.2 Å². The van der Waals surface area contributed by atoms with E-state index in [-0.39, 0.29) is 23.0 Å². The summed E-state index contributed by atoms with van der Waals surface area (Å²) in [6, 6.07) is 27.4. The van der Waals surface area contributed by atoms with E-state index in [0.29, 0.717) is 18.2 Å². The SMILES string of the molecule is NC(=O)CC(=O)N(c1ccc(F)cc1)c1ccc(Oc2cc(Nc3ccc(OCc4ccccc4)cc3)ncn2)c(F)c1. The Kier molecular flexibility index (Phi) is 8.81. The molecule has 11 heteroatoms. The van der Waals surface area contributed by atoms with Gasteiger partial charge in [-0.25, -0.2) is 18.7 Å². The number of amides is 2. The number of ether oxygens (including phenoxy) is 2. The van der Waals surface area contributed by atoms with Gasteiger partial charge in [-0.15, -0.1) is 0 Å². The average Bonchev–Trinajstić information content (AvgIpc) is 3.00. The highest BCUT2D eigenvalue weighted by molar-refractivity contribution is 6.08. The number of nitrogens with zero attached hydrogens (tertiary/aromatic N) is 3. The first-order chi connectivity index (χ1) is 20.8. The predicted octanol–water partition coefficient (Wildman–Crippen LogP) is 6.41. The van der Waals surface area contributed by atoms with Crippen LogP contribution in [0.5, 0.6) is 17.4 Å². The lowest BCUT2D eigenvalue weighted by Crippen LogP contribution is -2.30. The van der Waals surface area contributed by atoms with Crippen LogP contribution in [0.15, 0.2) is 109 Å². The summed E-state index contributed by atoms with van der Waals surface area (Å²) in [6.07, 6.45) is 0.636. The summed E-state index contributed by atoms with van der Waals surface area (Å²) in [5.74, 6) is -1.91. The van der Waals surface area contributed by atoms with E-state index in [1.807, 2.05) is 54.6 Å². The van der Waals surface area contributed by atoms with E-state index < -0.39 is 29.9 Å². The Balaban J connectivity index is 1.27. The van der Waals surface area contributed by atoms with Crippen LogP contribution in [0.2, 0.25) is 0 Å². The molecule has 5 aromatic rings. The first-order valence-corrected chi connectivity index (χ1v) is 13.0. The smallest absolute Gasteiger partial charge is 0.240 e. The molecule has 1 aromatic heterocycles. The molecule has 0 saturated carbocycles. The number of hydrogen-bond donors (Lipinski definition) is 2. The Morgan fingerprint density at radius 1 is 0.837 bits per heavy atom. The van der Waals surface area contributed by atoms with Gasteiger partial charge in [-0.1, -0.05) is 30.3 Å². The maximum absolute atomic E-state index is 15.2. The molecule has 0 aliphatic heterocycles. The molecule has 0 radical (unpaired) electrons. The maximum Gasteiger partial charge on any atom is 0.240 e. The van der Waals surface area contributed by atoms with Crippen LogP contribution in [0.1, 0.15) is 12.0 Å². The molecular formula is C32H25F2N5O4. The molecule has 43 heavy (non-hydrogen) atoms. The second-order valence-corrected chi connectivity index (χ2v) is 9.23. The topological polar surface area (TPSA) is 120 Å². The minimum Gasteiger partial charge on any atom is -0.489 e. The van der Waals surface area contributed by atoms with Crippen LogP contribution in [0, 0.1) is 11.6 Å². The van der Waals surface area contributed by atoms with Crippen LogP contribution in [0.4, 0.5) is 31.7 Å². The van der Waals surface area contributed by atoms with Gasteiger partial charge in [0.15, 0.2) is 11.6 Å². The lowest BCUT2D eigenvalue weighted by atomic mass is 10.2. The number of aromatic nitrogens is 2. The van der Waals surface area contributed by atoms with Crippen molar-refractivity contribution >= 4 is 34.7 Å². The van der Waals surface area contributed by atoms with E-state index in [2.05, 4.69) is 15.3 Å². The third-order valence-corrected chi connectivity index (χ3v) is 6.06. The third-order valence-electron chi connectivity index (χ3n) is 6.06. The van der Waals surface area contributed by atoms with Gasteiger partial charge >= 0.3 is 0 Å². The highest BCUT2D eigenvalue weighted by Crippen LogP contribution is 2.32. The van der Waals surface area contributed by atoms with Crippen molar-refractivity contribution in [2.45, 2.75) is 13.0 Å². The van der Waals surface area contributed by atoms with Crippen molar-refractivity contribution < 1.29 is 27.8 Å². The summed E-state index contributed by atoms with van der Waals surface area (Å²) in [5.41, 5.74) is 7.29. The lowest BCUT2D eigenvalue weighted by Gasteiger charge is -2.23. The standard InChI is InChI=1S/C32H25F2N5O4/c33-22-6-10-24(11-7-22)39(32(41)17-29(35)40)25-12-15-28(27(34)16-25)43-31-18-30(36-20-37-31)38-23-8-13-26(14-9-23)42-19-21-4-2-1-3-5-21/h1-16,18,20H,17,19H2,(H2,35,40)(H,36,37,38). The third kappa shape index (κ3) is 7.67.